The molecule has 2 aliphatic rings. The van der Waals surface area contributed by atoms with Crippen LogP contribution in [0.25, 0.3) is 0 Å². The third kappa shape index (κ3) is 1.96. The Balaban J connectivity index is 1.86. The number of anilines is 2. The summed E-state index contributed by atoms with van der Waals surface area (Å²) < 4.78 is 2.50. The molecule has 0 radical (unpaired) electrons. The van der Waals surface area contributed by atoms with E-state index in [1.165, 1.54) is 36.1 Å². The van der Waals surface area contributed by atoms with Gasteiger partial charge in [-0.1, -0.05) is 15.9 Å². The smallest absolute Gasteiger partial charge is 0.0910 e. The van der Waals surface area contributed by atoms with Gasteiger partial charge < -0.3 is 9.80 Å². The maximum Gasteiger partial charge on any atom is 0.0910 e. The molecule has 2 aliphatic heterocycles. The minimum atomic E-state index is 1.000. The zero-order valence-corrected chi connectivity index (χ0v) is 14.9. The van der Waals surface area contributed by atoms with E-state index in [1.807, 2.05) is 0 Å². The topological polar surface area (TPSA) is 6.48 Å². The Morgan fingerprint density at radius 1 is 1.05 bits per heavy atom. The summed E-state index contributed by atoms with van der Waals surface area (Å²) in [6.07, 6.45) is 0. The van der Waals surface area contributed by atoms with Gasteiger partial charge in [-0.15, -0.1) is 0 Å². The van der Waals surface area contributed by atoms with Crippen LogP contribution in [0.3, 0.4) is 0 Å². The zero-order valence-electron chi connectivity index (χ0n) is 11.2. The van der Waals surface area contributed by atoms with Gasteiger partial charge in [0.25, 0.3) is 0 Å². The fraction of sp³-hybridized carbons (Fsp3) is 0.250. The second-order valence-electron chi connectivity index (χ2n) is 5.54. The van der Waals surface area contributed by atoms with Crippen molar-refractivity contribution in [1.29, 1.82) is 0 Å². The fourth-order valence-electron chi connectivity index (χ4n) is 3.40. The Bertz CT molecular complexity index is 714. The van der Waals surface area contributed by atoms with E-state index < -0.39 is 0 Å². The molecule has 4 heteroatoms. The number of halogens is 2. The maximum atomic E-state index is 3.62. The average Bonchev–Trinajstić information content (AvgIpc) is 2.36. The number of hydrogen-bond donors (Lipinski definition) is 0. The molecule has 2 aromatic carbocycles. The summed E-state index contributed by atoms with van der Waals surface area (Å²) in [5.41, 5.74) is 7.05. The van der Waals surface area contributed by atoms with E-state index >= 15 is 0 Å². The number of hydrogen-bond acceptors (Lipinski definition) is 2. The van der Waals surface area contributed by atoms with Crippen LogP contribution in [0.5, 0.6) is 0 Å². The van der Waals surface area contributed by atoms with Crippen molar-refractivity contribution in [3.63, 3.8) is 0 Å². The van der Waals surface area contributed by atoms with Gasteiger partial charge in [-0.3, -0.25) is 0 Å². The number of fused-ring (bicyclic) bond motifs is 6. The van der Waals surface area contributed by atoms with Crippen LogP contribution in [0.1, 0.15) is 16.7 Å². The molecule has 0 atom stereocenters. The molecule has 4 rings (SSSR count). The molecule has 0 spiro atoms. The minimum absolute atomic E-state index is 1.000. The molecule has 0 amide bonds. The summed E-state index contributed by atoms with van der Waals surface area (Å²) in [6.45, 7) is 5.23. The normalized spacial score (nSPS) is 15.9. The Morgan fingerprint density at radius 2 is 1.85 bits per heavy atom. The highest BCUT2D eigenvalue weighted by Gasteiger charge is 2.30. The highest BCUT2D eigenvalue weighted by atomic mass is 127. The zero-order chi connectivity index (χ0) is 13.9. The van der Waals surface area contributed by atoms with Crippen LogP contribution in [-0.2, 0) is 13.1 Å². The molecule has 102 valence electrons. The monoisotopic (exact) mass is 440 g/mol. The van der Waals surface area contributed by atoms with Gasteiger partial charge in [0.1, 0.15) is 0 Å². The summed E-state index contributed by atoms with van der Waals surface area (Å²) in [5.74, 6) is 0. The van der Waals surface area contributed by atoms with Crippen LogP contribution < -0.4 is 9.80 Å². The summed E-state index contributed by atoms with van der Waals surface area (Å²) >= 11 is 6.02. The molecule has 0 unspecified atom stereocenters. The van der Waals surface area contributed by atoms with Crippen LogP contribution in [0.4, 0.5) is 11.4 Å². The molecule has 0 aromatic heterocycles. The van der Waals surface area contributed by atoms with Crippen LogP contribution in [-0.4, -0.2) is 6.67 Å². The standard InChI is InChI=1S/C16H14BrIN2/c1-10-4-13(17)5-12-8-19-9-20(16(10)12)7-11-6-14(18)2-3-15(11)19/h2-6H,7-9H2,1H3. The summed E-state index contributed by atoms with van der Waals surface area (Å²) in [5, 5.41) is 0. The largest absolute Gasteiger partial charge is 0.349 e. The number of nitrogens with zero attached hydrogens (tertiary/aromatic N) is 2. The molecule has 20 heavy (non-hydrogen) atoms. The molecule has 2 heterocycles. The van der Waals surface area contributed by atoms with Crippen LogP contribution in [0.2, 0.25) is 0 Å². The second kappa shape index (κ2) is 4.63. The number of benzene rings is 2. The van der Waals surface area contributed by atoms with Crippen molar-refractivity contribution in [2.45, 2.75) is 20.0 Å². The van der Waals surface area contributed by atoms with Crippen molar-refractivity contribution in [2.75, 3.05) is 16.5 Å². The summed E-state index contributed by atoms with van der Waals surface area (Å²) in [7, 11) is 0. The van der Waals surface area contributed by atoms with E-state index in [2.05, 4.69) is 85.6 Å². The lowest BCUT2D eigenvalue weighted by atomic mass is 9.99. The van der Waals surface area contributed by atoms with Crippen LogP contribution in [0, 0.1) is 10.5 Å². The van der Waals surface area contributed by atoms with Gasteiger partial charge in [0, 0.05) is 32.5 Å². The average molecular weight is 441 g/mol. The van der Waals surface area contributed by atoms with Gasteiger partial charge in [0.05, 0.1) is 6.67 Å². The van der Waals surface area contributed by atoms with E-state index in [0.717, 1.165) is 19.8 Å². The number of rotatable bonds is 0. The van der Waals surface area contributed by atoms with Crippen LogP contribution in [0.15, 0.2) is 34.8 Å². The van der Waals surface area contributed by atoms with Crippen molar-refractivity contribution in [3.8, 4) is 0 Å². The van der Waals surface area contributed by atoms with Gasteiger partial charge >= 0.3 is 0 Å². The first kappa shape index (κ1) is 13.0. The molecule has 0 N–H and O–H groups in total. The molecule has 0 saturated carbocycles. The third-order valence-corrected chi connectivity index (χ3v) is 5.24. The van der Waals surface area contributed by atoms with Gasteiger partial charge in [-0.05, 0) is 76.5 Å². The first-order chi connectivity index (χ1) is 9.61. The Morgan fingerprint density at radius 3 is 2.70 bits per heavy atom. The Hall–Kier alpha value is -0.750. The highest BCUT2D eigenvalue weighted by Crippen LogP contribution is 2.40. The first-order valence-electron chi connectivity index (χ1n) is 6.69. The predicted octanol–water partition coefficient (Wildman–Crippen LogP) is 4.66. The quantitative estimate of drug-likeness (QED) is 0.549. The third-order valence-electron chi connectivity index (χ3n) is 4.11. The Labute approximate surface area is 141 Å². The summed E-state index contributed by atoms with van der Waals surface area (Å²) in [4.78, 5) is 4.97. The van der Waals surface area contributed by atoms with Crippen molar-refractivity contribution < 1.29 is 0 Å². The lowest BCUT2D eigenvalue weighted by molar-refractivity contribution is 0.648. The van der Waals surface area contributed by atoms with E-state index in [-0.39, 0.29) is 0 Å². The van der Waals surface area contributed by atoms with Gasteiger partial charge in [-0.25, -0.2) is 0 Å². The molecule has 0 fully saturated rings. The lowest BCUT2D eigenvalue weighted by Crippen LogP contribution is -2.46. The summed E-state index contributed by atoms with van der Waals surface area (Å²) in [6, 6.07) is 11.3. The van der Waals surface area contributed by atoms with E-state index in [1.54, 1.807) is 0 Å². The number of aryl methyl sites for hydroxylation is 1. The van der Waals surface area contributed by atoms with E-state index in [4.69, 9.17) is 0 Å². The molecule has 2 aromatic rings. The SMILES string of the molecule is Cc1cc(Br)cc2c1N1Cc3cc(I)ccc3N(C2)C1. The van der Waals surface area contributed by atoms with Crippen LogP contribution >= 0.6 is 38.5 Å². The van der Waals surface area contributed by atoms with Gasteiger partial charge in [0.15, 0.2) is 0 Å². The minimum Gasteiger partial charge on any atom is -0.349 e. The molecule has 0 aliphatic carbocycles. The molecule has 2 bridgehead atoms. The van der Waals surface area contributed by atoms with Gasteiger partial charge in [-0.2, -0.15) is 0 Å². The highest BCUT2D eigenvalue weighted by molar-refractivity contribution is 14.1. The molecule has 2 nitrogen and oxygen atoms in total. The maximum absolute atomic E-state index is 3.62. The first-order valence-corrected chi connectivity index (χ1v) is 8.56. The Kier molecular flexibility index (Phi) is 3.00. The second-order valence-corrected chi connectivity index (χ2v) is 7.70. The van der Waals surface area contributed by atoms with Gasteiger partial charge in [0.2, 0.25) is 0 Å². The van der Waals surface area contributed by atoms with E-state index in [0.29, 0.717) is 0 Å². The van der Waals surface area contributed by atoms with Crippen molar-refractivity contribution >= 4 is 49.9 Å². The molecule has 0 saturated heterocycles. The fourth-order valence-corrected chi connectivity index (χ4v) is 4.57. The predicted molar refractivity (Wildman–Crippen MR) is 95.3 cm³/mol. The van der Waals surface area contributed by atoms with Crippen molar-refractivity contribution in [1.82, 2.24) is 0 Å². The van der Waals surface area contributed by atoms with Crippen molar-refractivity contribution in [2.24, 2.45) is 0 Å². The van der Waals surface area contributed by atoms with E-state index in [9.17, 15) is 0 Å². The lowest BCUT2D eigenvalue weighted by Gasteiger charge is -2.45. The van der Waals surface area contributed by atoms with Crippen molar-refractivity contribution in [3.05, 3.63) is 55.1 Å². The molecular formula is C16H14BrIN2. The molecular weight excluding hydrogens is 427 g/mol.